The van der Waals surface area contributed by atoms with Crippen LogP contribution in [0.3, 0.4) is 0 Å². The molecule has 0 aliphatic carbocycles. The van der Waals surface area contributed by atoms with E-state index in [1.54, 1.807) is 73.7 Å². The van der Waals surface area contributed by atoms with E-state index in [-0.39, 0.29) is 16.4 Å². The maximum absolute atomic E-state index is 13.4. The van der Waals surface area contributed by atoms with Gasteiger partial charge in [-0.3, -0.25) is 19.4 Å². The number of nitrogens with zero attached hydrogens (tertiary/aromatic N) is 2. The smallest absolute Gasteiger partial charge is 0.270 e. The average molecular weight is 414 g/mol. The van der Waals surface area contributed by atoms with E-state index < -0.39 is 11.8 Å². The molecule has 30 heavy (non-hydrogen) atoms. The Morgan fingerprint density at radius 1 is 0.767 bits per heavy atom. The van der Waals surface area contributed by atoms with Crippen LogP contribution in [0.4, 0.5) is 11.4 Å². The SMILES string of the molecule is Cc1cccc(C=C2C(=O)N(c3ccccc3)C(=S)N(c3ccccc3)C2=O)c1O. The van der Waals surface area contributed by atoms with E-state index in [1.165, 1.54) is 15.9 Å². The lowest BCUT2D eigenvalue weighted by Crippen LogP contribution is -2.56. The minimum absolute atomic E-state index is 0.0243. The number of phenols is 1. The standard InChI is InChI=1S/C24H18N2O3S/c1-16-9-8-10-17(21(16)27)15-20-22(28)25(18-11-4-2-5-12-18)24(30)26(23(20)29)19-13-6-3-7-14-19/h2-15,27H,1H3. The third-order valence-electron chi connectivity index (χ3n) is 4.85. The van der Waals surface area contributed by atoms with Crippen LogP contribution in [0.1, 0.15) is 11.1 Å². The molecule has 0 aromatic heterocycles. The van der Waals surface area contributed by atoms with Gasteiger partial charge in [0.05, 0.1) is 11.4 Å². The van der Waals surface area contributed by atoms with Crippen LogP contribution < -0.4 is 9.80 Å². The van der Waals surface area contributed by atoms with Crippen LogP contribution in [0.2, 0.25) is 0 Å². The van der Waals surface area contributed by atoms with Crippen molar-refractivity contribution in [2.75, 3.05) is 9.80 Å². The first-order valence-corrected chi connectivity index (χ1v) is 9.73. The van der Waals surface area contributed by atoms with Gasteiger partial charge in [-0.15, -0.1) is 0 Å². The molecule has 1 aliphatic heterocycles. The average Bonchev–Trinajstić information content (AvgIpc) is 2.75. The highest BCUT2D eigenvalue weighted by molar-refractivity contribution is 7.81. The highest BCUT2D eigenvalue weighted by Gasteiger charge is 2.41. The Hall–Kier alpha value is -3.77. The van der Waals surface area contributed by atoms with Crippen LogP contribution in [-0.2, 0) is 9.59 Å². The second-order valence-corrected chi connectivity index (χ2v) is 7.17. The summed E-state index contributed by atoms with van der Waals surface area (Å²) in [6, 6.07) is 23.0. The number of aryl methyl sites for hydroxylation is 1. The van der Waals surface area contributed by atoms with Crippen molar-refractivity contribution in [3.05, 3.63) is 95.6 Å². The fourth-order valence-corrected chi connectivity index (χ4v) is 3.67. The molecule has 0 radical (unpaired) electrons. The Morgan fingerprint density at radius 2 is 1.27 bits per heavy atom. The van der Waals surface area contributed by atoms with Crippen molar-refractivity contribution in [3.8, 4) is 5.75 Å². The van der Waals surface area contributed by atoms with Crippen LogP contribution in [0.5, 0.6) is 5.75 Å². The van der Waals surface area contributed by atoms with Gasteiger partial charge in [0, 0.05) is 5.56 Å². The second-order valence-electron chi connectivity index (χ2n) is 6.81. The fraction of sp³-hybridized carbons (Fsp3) is 0.0417. The van der Waals surface area contributed by atoms with Crippen molar-refractivity contribution in [3.63, 3.8) is 0 Å². The van der Waals surface area contributed by atoms with Crippen molar-refractivity contribution in [1.29, 1.82) is 0 Å². The maximum Gasteiger partial charge on any atom is 0.270 e. The summed E-state index contributed by atoms with van der Waals surface area (Å²) in [6.45, 7) is 1.75. The predicted molar refractivity (Wildman–Crippen MR) is 121 cm³/mol. The largest absolute Gasteiger partial charge is 0.507 e. The van der Waals surface area contributed by atoms with Crippen molar-refractivity contribution in [1.82, 2.24) is 0 Å². The molecule has 1 aliphatic rings. The Morgan fingerprint density at radius 3 is 1.77 bits per heavy atom. The molecule has 0 atom stereocenters. The molecule has 1 saturated heterocycles. The molecular weight excluding hydrogens is 396 g/mol. The number of hydrogen-bond donors (Lipinski definition) is 1. The molecule has 0 bridgehead atoms. The van der Waals surface area contributed by atoms with E-state index >= 15 is 0 Å². The summed E-state index contributed by atoms with van der Waals surface area (Å²) in [6.07, 6.45) is 1.42. The summed E-state index contributed by atoms with van der Waals surface area (Å²) in [7, 11) is 0. The van der Waals surface area contributed by atoms with Gasteiger partial charge in [-0.1, -0.05) is 54.6 Å². The van der Waals surface area contributed by atoms with Crippen molar-refractivity contribution >= 4 is 46.6 Å². The number of phenolic OH excluding ortho intramolecular Hbond substituents is 1. The van der Waals surface area contributed by atoms with E-state index in [1.807, 2.05) is 12.1 Å². The molecule has 0 unspecified atom stereocenters. The molecule has 148 valence electrons. The molecule has 1 heterocycles. The third-order valence-corrected chi connectivity index (χ3v) is 5.21. The van der Waals surface area contributed by atoms with Crippen LogP contribution in [0, 0.1) is 6.92 Å². The first-order valence-electron chi connectivity index (χ1n) is 9.32. The lowest BCUT2D eigenvalue weighted by molar-refractivity contribution is -0.120. The number of para-hydroxylation sites is 3. The lowest BCUT2D eigenvalue weighted by atomic mass is 10.0. The van der Waals surface area contributed by atoms with Crippen molar-refractivity contribution in [2.24, 2.45) is 0 Å². The van der Waals surface area contributed by atoms with Crippen LogP contribution in [0.25, 0.3) is 6.08 Å². The number of hydrogen-bond acceptors (Lipinski definition) is 4. The molecule has 0 saturated carbocycles. The van der Waals surface area contributed by atoms with Gasteiger partial charge in [0.2, 0.25) is 0 Å². The maximum atomic E-state index is 13.4. The van der Waals surface area contributed by atoms with Gasteiger partial charge >= 0.3 is 0 Å². The number of aromatic hydroxyl groups is 1. The van der Waals surface area contributed by atoms with Gasteiger partial charge in [-0.25, -0.2) is 0 Å². The highest BCUT2D eigenvalue weighted by Crippen LogP contribution is 2.31. The van der Waals surface area contributed by atoms with Crippen LogP contribution in [-0.4, -0.2) is 22.0 Å². The summed E-state index contributed by atoms with van der Waals surface area (Å²) >= 11 is 5.56. The first-order chi connectivity index (χ1) is 14.5. The summed E-state index contributed by atoms with van der Waals surface area (Å²) in [5, 5.41) is 10.5. The predicted octanol–water partition coefficient (Wildman–Crippen LogP) is 4.45. The Balaban J connectivity index is 1.90. The molecule has 0 spiro atoms. The van der Waals surface area contributed by atoms with Crippen molar-refractivity contribution in [2.45, 2.75) is 6.92 Å². The molecular formula is C24H18N2O3S. The third kappa shape index (κ3) is 3.38. The van der Waals surface area contributed by atoms with E-state index in [9.17, 15) is 14.7 Å². The molecule has 1 fully saturated rings. The van der Waals surface area contributed by atoms with Gasteiger partial charge in [0.15, 0.2) is 5.11 Å². The minimum atomic E-state index is -0.538. The molecule has 1 N–H and O–H groups in total. The second kappa shape index (κ2) is 7.93. The molecule has 3 aromatic rings. The monoisotopic (exact) mass is 414 g/mol. The molecule has 6 heteroatoms. The minimum Gasteiger partial charge on any atom is -0.507 e. The Labute approximate surface area is 179 Å². The molecule has 4 rings (SSSR count). The topological polar surface area (TPSA) is 60.9 Å². The van der Waals surface area contributed by atoms with Gasteiger partial charge < -0.3 is 5.11 Å². The summed E-state index contributed by atoms with van der Waals surface area (Å²) in [5.74, 6) is -1.05. The van der Waals surface area contributed by atoms with Gasteiger partial charge in [-0.05, 0) is 55.0 Å². The number of carbonyl (C=O) groups excluding carboxylic acids is 2. The molecule has 2 amide bonds. The van der Waals surface area contributed by atoms with E-state index in [4.69, 9.17) is 12.2 Å². The summed E-state index contributed by atoms with van der Waals surface area (Å²) < 4.78 is 0. The molecule has 3 aromatic carbocycles. The quantitative estimate of drug-likeness (QED) is 0.391. The Kier molecular flexibility index (Phi) is 5.16. The highest BCUT2D eigenvalue weighted by atomic mass is 32.1. The van der Waals surface area contributed by atoms with Gasteiger partial charge in [0.25, 0.3) is 11.8 Å². The number of anilines is 2. The van der Waals surface area contributed by atoms with Crippen LogP contribution >= 0.6 is 12.2 Å². The van der Waals surface area contributed by atoms with E-state index in [0.29, 0.717) is 22.5 Å². The zero-order valence-electron chi connectivity index (χ0n) is 16.1. The fourth-order valence-electron chi connectivity index (χ4n) is 3.29. The number of carbonyl (C=O) groups is 2. The van der Waals surface area contributed by atoms with E-state index in [2.05, 4.69) is 0 Å². The Bertz CT molecular complexity index is 1110. The number of thiocarbonyl (C=S) groups is 1. The lowest BCUT2D eigenvalue weighted by Gasteiger charge is -2.36. The number of rotatable bonds is 3. The zero-order chi connectivity index (χ0) is 21.3. The summed E-state index contributed by atoms with van der Waals surface area (Å²) in [5.41, 5.74) is 2.06. The summed E-state index contributed by atoms with van der Waals surface area (Å²) in [4.78, 5) is 29.4. The van der Waals surface area contributed by atoms with E-state index in [0.717, 1.165) is 0 Å². The van der Waals surface area contributed by atoms with Gasteiger partial charge in [0.1, 0.15) is 11.3 Å². The van der Waals surface area contributed by atoms with Crippen LogP contribution in [0.15, 0.2) is 84.4 Å². The number of amides is 2. The normalized spacial score (nSPS) is 14.3. The van der Waals surface area contributed by atoms with Crippen molar-refractivity contribution < 1.29 is 14.7 Å². The van der Waals surface area contributed by atoms with Gasteiger partial charge in [-0.2, -0.15) is 0 Å². The molecule has 5 nitrogen and oxygen atoms in total. The number of benzene rings is 3. The zero-order valence-corrected chi connectivity index (χ0v) is 17.0. The first kappa shape index (κ1) is 19.5.